The van der Waals surface area contributed by atoms with Crippen LogP contribution < -0.4 is 25.1 Å². The van der Waals surface area contributed by atoms with Gasteiger partial charge in [-0.25, -0.2) is 4.98 Å². The average molecular weight is 704 g/mol. The van der Waals surface area contributed by atoms with Gasteiger partial charge >= 0.3 is 0 Å². The van der Waals surface area contributed by atoms with Crippen molar-refractivity contribution >= 4 is 23.0 Å². The number of hydrogen-bond acceptors (Lipinski definition) is 10. The Morgan fingerprint density at radius 2 is 1.48 bits per heavy atom. The zero-order valence-corrected chi connectivity index (χ0v) is 28.5. The number of imidazole rings is 1. The van der Waals surface area contributed by atoms with Crippen LogP contribution in [-0.4, -0.2) is 70.2 Å². The van der Waals surface area contributed by atoms with Gasteiger partial charge < -0.3 is 28.8 Å². The summed E-state index contributed by atoms with van der Waals surface area (Å²) in [5.41, 5.74) is 1.10. The second-order valence-corrected chi connectivity index (χ2v) is 12.1. The lowest BCUT2D eigenvalue weighted by Gasteiger charge is -2.37. The lowest BCUT2D eigenvalue weighted by molar-refractivity contribution is -0.118. The van der Waals surface area contributed by atoms with Gasteiger partial charge in [0.1, 0.15) is 35.2 Å². The minimum atomic E-state index is -1.12. The van der Waals surface area contributed by atoms with Gasteiger partial charge in [-0.1, -0.05) is 72.8 Å². The number of rotatable bonds is 13. The zero-order valence-electron chi connectivity index (χ0n) is 28.5. The highest BCUT2D eigenvalue weighted by molar-refractivity contribution is 5.90. The van der Waals surface area contributed by atoms with Crippen LogP contribution in [0.5, 0.6) is 17.2 Å². The fourth-order valence-corrected chi connectivity index (χ4v) is 6.35. The predicted molar refractivity (Wildman–Crippen MR) is 192 cm³/mol. The van der Waals surface area contributed by atoms with Crippen LogP contribution in [0.3, 0.4) is 0 Å². The number of H-pyrrole nitrogens is 1. The third-order valence-corrected chi connectivity index (χ3v) is 8.96. The molecule has 266 valence electrons. The Morgan fingerprint density at radius 3 is 2.10 bits per heavy atom. The van der Waals surface area contributed by atoms with Gasteiger partial charge in [0.05, 0.1) is 33.3 Å². The van der Waals surface area contributed by atoms with Crippen LogP contribution in [0.1, 0.15) is 29.3 Å². The van der Waals surface area contributed by atoms with E-state index in [2.05, 4.69) is 20.3 Å². The van der Waals surface area contributed by atoms with Crippen LogP contribution in [-0.2, 0) is 19.9 Å². The van der Waals surface area contributed by atoms with Crippen molar-refractivity contribution in [3.8, 4) is 17.2 Å². The van der Waals surface area contributed by atoms with Crippen LogP contribution in [0, 0.1) is 0 Å². The molecule has 0 bridgehead atoms. The molecule has 52 heavy (non-hydrogen) atoms. The Bertz CT molecular complexity index is 2130. The number of aromatic amines is 1. The highest BCUT2D eigenvalue weighted by Gasteiger charge is 2.42. The molecule has 1 saturated heterocycles. The summed E-state index contributed by atoms with van der Waals surface area (Å²) in [6, 6.07) is 34.0. The molecule has 1 amide bonds. The second kappa shape index (κ2) is 15.1. The smallest absolute Gasteiger partial charge is 0.280 e. The monoisotopic (exact) mass is 703 g/mol. The number of anilines is 1. The summed E-state index contributed by atoms with van der Waals surface area (Å²) in [7, 11) is 3.23. The third kappa shape index (κ3) is 6.97. The molecule has 3 N–H and O–H groups in total. The summed E-state index contributed by atoms with van der Waals surface area (Å²) in [5, 5.41) is 13.9. The average Bonchev–Trinajstić information content (AvgIpc) is 3.78. The molecule has 6 aromatic rings. The SMILES string of the molecule is COc1ccc(C(OC[C@@H]2O[C@@H](n3cnc4c(=O)[nH]c(NC(=O)COc5ccccc5)nc43)C[C@H]2O)(c2ccccc2)c2ccc(OC)cc2)cc1. The molecule has 3 atom stereocenters. The third-order valence-electron chi connectivity index (χ3n) is 8.96. The molecule has 7 rings (SSSR count). The molecule has 1 fully saturated rings. The van der Waals surface area contributed by atoms with Crippen molar-refractivity contribution < 1.29 is 33.6 Å². The van der Waals surface area contributed by atoms with Crippen LogP contribution in [0.15, 0.2) is 120 Å². The Hall–Kier alpha value is -6.02. The standard InChI is InChI=1S/C39H37N5O8/c1-48-28-17-13-26(14-18-28)39(25-9-5-3-6-10-25,27-15-19-29(49-2)20-16-27)51-22-32-31(45)21-34(52-32)44-24-40-35-36(44)42-38(43-37(35)47)41-33(46)23-50-30-11-7-4-8-12-30/h3-20,24,31-32,34,45H,21-23H2,1-2H3,(H2,41,42,43,46,47)/t31-,32+,34-/m1/s1. The van der Waals surface area contributed by atoms with E-state index in [1.165, 1.54) is 6.33 Å². The maximum Gasteiger partial charge on any atom is 0.280 e. The van der Waals surface area contributed by atoms with Crippen LogP contribution >= 0.6 is 0 Å². The van der Waals surface area contributed by atoms with Crippen LogP contribution in [0.4, 0.5) is 5.95 Å². The summed E-state index contributed by atoms with van der Waals surface area (Å²) < 4.78 is 31.3. The molecule has 13 heteroatoms. The van der Waals surface area contributed by atoms with Gasteiger partial charge in [-0.2, -0.15) is 4.98 Å². The van der Waals surface area contributed by atoms with E-state index in [1.54, 1.807) is 43.1 Å². The van der Waals surface area contributed by atoms with Crippen molar-refractivity contribution in [1.82, 2.24) is 19.5 Å². The summed E-state index contributed by atoms with van der Waals surface area (Å²) in [6.07, 6.45) is -0.830. The lowest BCUT2D eigenvalue weighted by atomic mass is 9.80. The van der Waals surface area contributed by atoms with E-state index in [-0.39, 0.29) is 36.7 Å². The zero-order chi connectivity index (χ0) is 36.1. The summed E-state index contributed by atoms with van der Waals surface area (Å²) in [4.78, 5) is 36.8. The first-order chi connectivity index (χ1) is 25.4. The molecule has 0 unspecified atom stereocenters. The number of nitrogens with zero attached hydrogens (tertiary/aromatic N) is 3. The minimum Gasteiger partial charge on any atom is -0.497 e. The molecular weight excluding hydrogens is 666 g/mol. The van der Waals surface area contributed by atoms with Gasteiger partial charge in [0, 0.05) is 6.42 Å². The Morgan fingerprint density at radius 1 is 0.885 bits per heavy atom. The summed E-state index contributed by atoms with van der Waals surface area (Å²) in [5.74, 6) is 1.32. The molecule has 13 nitrogen and oxygen atoms in total. The number of carbonyl (C=O) groups excluding carboxylic acids is 1. The Balaban J connectivity index is 1.15. The van der Waals surface area contributed by atoms with E-state index in [0.717, 1.165) is 16.7 Å². The molecule has 0 saturated carbocycles. The van der Waals surface area contributed by atoms with E-state index in [9.17, 15) is 14.7 Å². The summed E-state index contributed by atoms with van der Waals surface area (Å²) in [6.45, 7) is -0.295. The maximum atomic E-state index is 12.9. The van der Waals surface area contributed by atoms with E-state index in [4.69, 9.17) is 23.7 Å². The van der Waals surface area contributed by atoms with Crippen LogP contribution in [0.2, 0.25) is 0 Å². The highest BCUT2D eigenvalue weighted by Crippen LogP contribution is 2.43. The number of aromatic nitrogens is 4. The molecule has 0 radical (unpaired) electrons. The fraction of sp³-hybridized carbons (Fsp3) is 0.231. The van der Waals surface area contributed by atoms with Crippen molar-refractivity contribution in [2.24, 2.45) is 0 Å². The van der Waals surface area contributed by atoms with E-state index in [1.807, 2.05) is 84.9 Å². The van der Waals surface area contributed by atoms with Gasteiger partial charge in [0.2, 0.25) is 5.95 Å². The number of ether oxygens (including phenoxy) is 5. The number of para-hydroxylation sites is 1. The van der Waals surface area contributed by atoms with E-state index >= 15 is 0 Å². The highest BCUT2D eigenvalue weighted by atomic mass is 16.6. The van der Waals surface area contributed by atoms with Crippen LogP contribution in [0.25, 0.3) is 11.2 Å². The number of amides is 1. The van der Waals surface area contributed by atoms with Gasteiger partial charge in [-0.15, -0.1) is 0 Å². The molecule has 1 aliphatic rings. The van der Waals surface area contributed by atoms with E-state index < -0.39 is 35.5 Å². The number of carbonyl (C=O) groups is 1. The largest absolute Gasteiger partial charge is 0.497 e. The van der Waals surface area contributed by atoms with Gasteiger partial charge in [-0.05, 0) is 53.1 Å². The van der Waals surface area contributed by atoms with Gasteiger partial charge in [-0.3, -0.25) is 24.5 Å². The normalized spacial score (nSPS) is 17.2. The molecule has 1 aliphatic heterocycles. The fourth-order valence-electron chi connectivity index (χ4n) is 6.35. The molecule has 0 spiro atoms. The Kier molecular flexibility index (Phi) is 9.98. The number of nitrogens with one attached hydrogen (secondary N) is 2. The number of benzene rings is 4. The molecule has 0 aliphatic carbocycles. The molecule has 4 aromatic carbocycles. The second-order valence-electron chi connectivity index (χ2n) is 12.1. The molecular formula is C39H37N5O8. The first-order valence-electron chi connectivity index (χ1n) is 16.6. The number of methoxy groups -OCH3 is 2. The lowest BCUT2D eigenvalue weighted by Crippen LogP contribution is -2.38. The van der Waals surface area contributed by atoms with Crippen molar-refractivity contribution in [2.75, 3.05) is 32.8 Å². The number of aliphatic hydroxyl groups excluding tert-OH is 1. The number of aliphatic hydroxyl groups is 1. The quantitative estimate of drug-likeness (QED) is 0.143. The number of hydrogen-bond donors (Lipinski definition) is 3. The van der Waals surface area contributed by atoms with Gasteiger partial charge in [0.15, 0.2) is 17.8 Å². The first-order valence-corrected chi connectivity index (χ1v) is 16.6. The molecule has 3 heterocycles. The predicted octanol–water partition coefficient (Wildman–Crippen LogP) is 4.81. The maximum absolute atomic E-state index is 12.9. The van der Waals surface area contributed by atoms with Crippen molar-refractivity contribution in [3.63, 3.8) is 0 Å². The van der Waals surface area contributed by atoms with Crippen molar-refractivity contribution in [1.29, 1.82) is 0 Å². The van der Waals surface area contributed by atoms with Crippen molar-refractivity contribution in [2.45, 2.75) is 30.5 Å². The summed E-state index contributed by atoms with van der Waals surface area (Å²) >= 11 is 0. The number of fused-ring (bicyclic) bond motifs is 1. The molecule has 2 aromatic heterocycles. The first kappa shape index (κ1) is 34.4. The van der Waals surface area contributed by atoms with Crippen molar-refractivity contribution in [3.05, 3.63) is 143 Å². The minimum absolute atomic E-state index is 0.00597. The topological polar surface area (TPSA) is 159 Å². The van der Waals surface area contributed by atoms with E-state index in [0.29, 0.717) is 17.2 Å². The van der Waals surface area contributed by atoms with Gasteiger partial charge in [0.25, 0.3) is 11.5 Å². The Labute approximate surface area is 298 Å².